The highest BCUT2D eigenvalue weighted by molar-refractivity contribution is 6.34. The molecule has 0 saturated carbocycles. The van der Waals surface area contributed by atoms with Gasteiger partial charge in [0, 0.05) is 11.6 Å². The number of benzene rings is 3. The normalized spacial score (nSPS) is 10.7. The number of rotatable bonds is 11. The Morgan fingerprint density at radius 2 is 1.87 bits per heavy atom. The summed E-state index contributed by atoms with van der Waals surface area (Å²) in [6.07, 6.45) is 3.13. The summed E-state index contributed by atoms with van der Waals surface area (Å²) in [5.41, 5.74) is -0.0822. The fraction of sp³-hybridized carbons (Fsp3) is 0.111. The molecule has 12 heteroatoms. The van der Waals surface area contributed by atoms with Gasteiger partial charge in [0.05, 0.1) is 33.2 Å². The Labute approximate surface area is 227 Å². The first-order valence-corrected chi connectivity index (χ1v) is 11.7. The van der Waals surface area contributed by atoms with Crippen LogP contribution < -0.4 is 14.8 Å². The summed E-state index contributed by atoms with van der Waals surface area (Å²) in [5, 5.41) is 35.2. The fourth-order valence-electron chi connectivity index (χ4n) is 3.48. The number of carbonyl (C=O) groups excluding carboxylic acids is 1. The second-order valence-electron chi connectivity index (χ2n) is 7.81. The summed E-state index contributed by atoms with van der Waals surface area (Å²) in [5.74, 6) is -0.642. The minimum atomic E-state index is -0.788. The molecule has 1 amide bonds. The van der Waals surface area contributed by atoms with Gasteiger partial charge in [0.25, 0.3) is 11.6 Å². The predicted molar refractivity (Wildman–Crippen MR) is 145 cm³/mol. The van der Waals surface area contributed by atoms with Crippen molar-refractivity contribution in [1.82, 2.24) is 0 Å². The van der Waals surface area contributed by atoms with Crippen molar-refractivity contribution in [3.8, 4) is 23.3 Å². The molecule has 3 rings (SSSR count). The quantitative estimate of drug-likeness (QED) is 0.0919. The monoisotopic (exact) mass is 548 g/mol. The minimum absolute atomic E-state index is 0.116. The van der Waals surface area contributed by atoms with Gasteiger partial charge >= 0.3 is 5.69 Å². The maximum absolute atomic E-state index is 12.8. The third kappa shape index (κ3) is 6.97. The lowest BCUT2D eigenvalue weighted by Gasteiger charge is -2.16. The Hall–Kier alpha value is -5.21. The minimum Gasteiger partial charge on any atom is -0.490 e. The smallest absolute Gasteiger partial charge is 0.318 e. The van der Waals surface area contributed by atoms with Crippen molar-refractivity contribution in [3.05, 3.63) is 109 Å². The molecule has 0 aliphatic rings. The summed E-state index contributed by atoms with van der Waals surface area (Å²) >= 11 is 6.09. The number of nitrogens with one attached hydrogen (secondary N) is 1. The molecular formula is C27H21ClN4O7. The van der Waals surface area contributed by atoms with Gasteiger partial charge in [-0.2, -0.15) is 5.26 Å². The van der Waals surface area contributed by atoms with Gasteiger partial charge in [0.15, 0.2) is 11.5 Å². The molecule has 0 aliphatic heterocycles. The highest BCUT2D eigenvalue weighted by Crippen LogP contribution is 2.41. The maximum Gasteiger partial charge on any atom is 0.318 e. The van der Waals surface area contributed by atoms with Crippen LogP contribution in [0.3, 0.4) is 0 Å². The lowest BCUT2D eigenvalue weighted by atomic mass is 10.0. The van der Waals surface area contributed by atoms with Gasteiger partial charge in [-0.15, -0.1) is 6.58 Å². The highest BCUT2D eigenvalue weighted by Gasteiger charge is 2.24. The molecule has 198 valence electrons. The van der Waals surface area contributed by atoms with Crippen LogP contribution in [0.2, 0.25) is 5.02 Å². The van der Waals surface area contributed by atoms with Crippen LogP contribution in [0.25, 0.3) is 6.08 Å². The van der Waals surface area contributed by atoms with Crippen molar-refractivity contribution < 1.29 is 24.1 Å². The number of hydrogen-bond acceptors (Lipinski definition) is 8. The fourth-order valence-corrected chi connectivity index (χ4v) is 3.66. The number of carbonyl (C=O) groups is 1. The number of nitriles is 1. The van der Waals surface area contributed by atoms with Crippen LogP contribution in [0.5, 0.6) is 17.2 Å². The number of nitro benzene ring substituents is 2. The van der Waals surface area contributed by atoms with E-state index in [0.717, 1.165) is 18.2 Å². The zero-order valence-electron chi connectivity index (χ0n) is 20.5. The van der Waals surface area contributed by atoms with Crippen molar-refractivity contribution >= 4 is 40.6 Å². The molecule has 1 N–H and O–H groups in total. The first-order chi connectivity index (χ1) is 18.7. The Balaban J connectivity index is 2.07. The van der Waals surface area contributed by atoms with Crippen LogP contribution in [0.15, 0.2) is 72.8 Å². The zero-order valence-corrected chi connectivity index (χ0v) is 21.3. The van der Waals surface area contributed by atoms with E-state index in [9.17, 15) is 30.3 Å². The van der Waals surface area contributed by atoms with Crippen LogP contribution in [-0.2, 0) is 11.2 Å². The van der Waals surface area contributed by atoms with E-state index in [2.05, 4.69) is 11.9 Å². The van der Waals surface area contributed by atoms with Crippen LogP contribution in [0, 0.1) is 31.6 Å². The first kappa shape index (κ1) is 28.4. The van der Waals surface area contributed by atoms with E-state index >= 15 is 0 Å². The molecule has 0 aliphatic carbocycles. The number of para-hydroxylation sites is 1. The topological polar surface area (TPSA) is 158 Å². The number of ether oxygens (including phenoxy) is 2. The molecule has 0 heterocycles. The van der Waals surface area contributed by atoms with E-state index in [0.29, 0.717) is 21.8 Å². The molecule has 0 spiro atoms. The summed E-state index contributed by atoms with van der Waals surface area (Å²) in [7, 11) is 0. The lowest BCUT2D eigenvalue weighted by molar-refractivity contribution is -0.394. The van der Waals surface area contributed by atoms with Crippen molar-refractivity contribution in [2.45, 2.75) is 13.3 Å². The van der Waals surface area contributed by atoms with Gasteiger partial charge in [-0.05, 0) is 55.3 Å². The molecule has 11 nitrogen and oxygen atoms in total. The molecule has 3 aromatic rings. The van der Waals surface area contributed by atoms with Crippen molar-refractivity contribution in [2.75, 3.05) is 11.9 Å². The zero-order chi connectivity index (χ0) is 28.5. The molecule has 0 saturated heterocycles. The predicted octanol–water partition coefficient (Wildman–Crippen LogP) is 6.62. The second kappa shape index (κ2) is 12.8. The standard InChI is InChI=1S/C27H21ClN4O7/c1-3-7-18-12-17(13-19(16-29)27(33)30-22-9-6-5-8-21(22)28)14-25(38-4-2)26(18)39-24-11-10-20(31(34)35)15-23(24)32(36)37/h3,5-6,8-15H,1,4,7H2,2H3,(H,30,33)/b19-13+. The highest BCUT2D eigenvalue weighted by atomic mass is 35.5. The van der Waals surface area contributed by atoms with E-state index in [1.54, 1.807) is 43.3 Å². The van der Waals surface area contributed by atoms with Gasteiger partial charge in [-0.1, -0.05) is 29.8 Å². The number of hydrogen-bond donors (Lipinski definition) is 1. The first-order valence-electron chi connectivity index (χ1n) is 11.4. The average molecular weight is 549 g/mol. The summed E-state index contributed by atoms with van der Waals surface area (Å²) in [6, 6.07) is 14.6. The van der Waals surface area contributed by atoms with E-state index in [-0.39, 0.29) is 35.8 Å². The number of nitro groups is 2. The number of allylic oxidation sites excluding steroid dienone is 1. The van der Waals surface area contributed by atoms with E-state index in [1.165, 1.54) is 12.1 Å². The maximum atomic E-state index is 12.8. The van der Waals surface area contributed by atoms with Crippen molar-refractivity contribution in [1.29, 1.82) is 5.26 Å². The molecular weight excluding hydrogens is 528 g/mol. The van der Waals surface area contributed by atoms with E-state index in [4.69, 9.17) is 21.1 Å². The Morgan fingerprint density at radius 1 is 1.13 bits per heavy atom. The number of non-ortho nitro benzene ring substituents is 1. The Kier molecular flexibility index (Phi) is 9.34. The number of amides is 1. The molecule has 0 atom stereocenters. The van der Waals surface area contributed by atoms with Gasteiger partial charge < -0.3 is 14.8 Å². The van der Waals surface area contributed by atoms with Crippen molar-refractivity contribution in [3.63, 3.8) is 0 Å². The summed E-state index contributed by atoms with van der Waals surface area (Å²) < 4.78 is 11.6. The van der Waals surface area contributed by atoms with E-state index < -0.39 is 27.1 Å². The molecule has 0 radical (unpaired) electrons. The molecule has 0 aromatic heterocycles. The third-order valence-corrected chi connectivity index (χ3v) is 5.51. The molecule has 0 unspecified atom stereocenters. The number of halogens is 1. The SMILES string of the molecule is C=CCc1cc(/C=C(\C#N)C(=O)Nc2ccccc2Cl)cc(OCC)c1Oc1ccc([N+](=O)[O-])cc1[N+](=O)[O-]. The number of nitrogens with zero attached hydrogens (tertiary/aromatic N) is 3. The summed E-state index contributed by atoms with van der Waals surface area (Å²) in [4.78, 5) is 33.9. The average Bonchev–Trinajstić information content (AvgIpc) is 2.90. The molecule has 39 heavy (non-hydrogen) atoms. The van der Waals surface area contributed by atoms with Crippen LogP contribution in [-0.4, -0.2) is 22.4 Å². The molecule has 0 bridgehead atoms. The number of anilines is 1. The van der Waals surface area contributed by atoms with E-state index in [1.807, 2.05) is 6.07 Å². The lowest BCUT2D eigenvalue weighted by Crippen LogP contribution is -2.13. The largest absolute Gasteiger partial charge is 0.490 e. The Morgan fingerprint density at radius 3 is 2.49 bits per heavy atom. The van der Waals surface area contributed by atoms with Crippen LogP contribution in [0.1, 0.15) is 18.1 Å². The third-order valence-electron chi connectivity index (χ3n) is 5.18. The van der Waals surface area contributed by atoms with Gasteiger partial charge in [-0.3, -0.25) is 25.0 Å². The van der Waals surface area contributed by atoms with Gasteiger partial charge in [0.2, 0.25) is 5.75 Å². The second-order valence-corrected chi connectivity index (χ2v) is 8.21. The Bertz CT molecular complexity index is 1530. The van der Waals surface area contributed by atoms with Crippen molar-refractivity contribution in [2.24, 2.45) is 0 Å². The van der Waals surface area contributed by atoms with Crippen LogP contribution in [0.4, 0.5) is 17.1 Å². The summed E-state index contributed by atoms with van der Waals surface area (Å²) in [6.45, 7) is 5.63. The molecule has 3 aromatic carbocycles. The van der Waals surface area contributed by atoms with Gasteiger partial charge in [0.1, 0.15) is 11.6 Å². The molecule has 0 fully saturated rings. The van der Waals surface area contributed by atoms with Gasteiger partial charge in [-0.25, -0.2) is 0 Å². The van der Waals surface area contributed by atoms with Crippen LogP contribution >= 0.6 is 11.6 Å².